The van der Waals surface area contributed by atoms with Gasteiger partial charge in [-0.05, 0) is 64.8 Å². The SMILES string of the molecule is CN(C(=N)/C=C\C(=N)c1ccc(-c2cnc3cnccn23)cc1O)C1CC(C)(C)NC(C)(C)C1. The highest BCUT2D eigenvalue weighted by molar-refractivity contribution is 6.11. The molecule has 4 N–H and O–H groups in total. The minimum absolute atomic E-state index is 0.0116. The van der Waals surface area contributed by atoms with Crippen molar-refractivity contribution in [3.8, 4) is 17.0 Å². The molecule has 2 aromatic heterocycles. The van der Waals surface area contributed by atoms with Gasteiger partial charge in [0.2, 0.25) is 0 Å². The van der Waals surface area contributed by atoms with Gasteiger partial charge in [0, 0.05) is 47.7 Å². The van der Waals surface area contributed by atoms with Gasteiger partial charge in [0.25, 0.3) is 0 Å². The van der Waals surface area contributed by atoms with Gasteiger partial charge in [0.15, 0.2) is 5.65 Å². The molecule has 0 atom stereocenters. The number of phenolic OH excluding ortho intramolecular Hbond substituents is 1. The van der Waals surface area contributed by atoms with Crippen LogP contribution in [-0.4, -0.2) is 60.1 Å². The van der Waals surface area contributed by atoms with Crippen molar-refractivity contribution in [3.05, 3.63) is 60.7 Å². The second-order valence-electron chi connectivity index (χ2n) is 10.4. The van der Waals surface area contributed by atoms with E-state index < -0.39 is 0 Å². The van der Waals surface area contributed by atoms with Crippen LogP contribution in [0, 0.1) is 10.8 Å². The van der Waals surface area contributed by atoms with Crippen molar-refractivity contribution in [1.29, 1.82) is 10.8 Å². The van der Waals surface area contributed by atoms with Crippen LogP contribution in [-0.2, 0) is 0 Å². The quantitative estimate of drug-likeness (QED) is 0.337. The van der Waals surface area contributed by atoms with Gasteiger partial charge in [-0.25, -0.2) is 4.98 Å². The van der Waals surface area contributed by atoms with E-state index in [0.29, 0.717) is 11.4 Å². The van der Waals surface area contributed by atoms with Crippen molar-refractivity contribution in [2.75, 3.05) is 7.05 Å². The van der Waals surface area contributed by atoms with Gasteiger partial charge in [0.05, 0.1) is 23.8 Å². The van der Waals surface area contributed by atoms with Crippen LogP contribution >= 0.6 is 0 Å². The van der Waals surface area contributed by atoms with Gasteiger partial charge in [-0.2, -0.15) is 0 Å². The Kier molecular flexibility index (Phi) is 6.03. The van der Waals surface area contributed by atoms with E-state index in [2.05, 4.69) is 43.0 Å². The van der Waals surface area contributed by atoms with Crippen LogP contribution in [0.15, 0.2) is 55.1 Å². The lowest BCUT2D eigenvalue weighted by Gasteiger charge is -2.49. The highest BCUT2D eigenvalue weighted by Gasteiger charge is 2.39. The fourth-order valence-electron chi connectivity index (χ4n) is 5.08. The number of piperidine rings is 1. The molecule has 1 aromatic carbocycles. The summed E-state index contributed by atoms with van der Waals surface area (Å²) in [6.45, 7) is 8.78. The zero-order valence-electron chi connectivity index (χ0n) is 20.4. The highest BCUT2D eigenvalue weighted by Crippen LogP contribution is 2.31. The smallest absolute Gasteiger partial charge is 0.155 e. The molecule has 1 aliphatic heterocycles. The van der Waals surface area contributed by atoms with E-state index in [4.69, 9.17) is 10.8 Å². The maximum absolute atomic E-state index is 10.6. The molecule has 3 heterocycles. The molecule has 34 heavy (non-hydrogen) atoms. The van der Waals surface area contributed by atoms with Crippen LogP contribution in [0.1, 0.15) is 46.1 Å². The zero-order chi connectivity index (χ0) is 24.7. The number of hydrogen-bond donors (Lipinski definition) is 4. The molecule has 0 bridgehead atoms. The monoisotopic (exact) mass is 459 g/mol. The topological polar surface area (TPSA) is 113 Å². The van der Waals surface area contributed by atoms with Crippen LogP contribution < -0.4 is 5.32 Å². The number of imidazole rings is 1. The normalized spacial score (nSPS) is 17.8. The summed E-state index contributed by atoms with van der Waals surface area (Å²) >= 11 is 0. The molecule has 1 fully saturated rings. The first-order valence-electron chi connectivity index (χ1n) is 11.4. The number of fused-ring (bicyclic) bond motifs is 1. The summed E-state index contributed by atoms with van der Waals surface area (Å²) in [6.07, 6.45) is 12.0. The number of hydrogen-bond acceptors (Lipinski definition) is 6. The minimum atomic E-state index is -0.0116. The van der Waals surface area contributed by atoms with E-state index in [1.165, 1.54) is 0 Å². The molecule has 0 saturated carbocycles. The number of benzene rings is 1. The molecular formula is C26H33N7O. The van der Waals surface area contributed by atoms with Gasteiger partial charge in [-0.15, -0.1) is 0 Å². The van der Waals surface area contributed by atoms with E-state index in [1.54, 1.807) is 42.9 Å². The van der Waals surface area contributed by atoms with E-state index in [1.807, 2.05) is 28.6 Å². The highest BCUT2D eigenvalue weighted by atomic mass is 16.3. The standard InChI is InChI=1S/C26H33N7O/c1-25(2)13-18(14-26(3,4)31-25)32(5)23(28)9-8-20(27)19-7-6-17(12-22(19)34)21-15-30-24-16-29-10-11-33(21)24/h6-12,15-16,18,27-28,31,34H,13-14H2,1-5H3/b9-8-,27-20?,28-23?. The minimum Gasteiger partial charge on any atom is -0.507 e. The van der Waals surface area contributed by atoms with Crippen LogP contribution in [0.2, 0.25) is 0 Å². The largest absolute Gasteiger partial charge is 0.507 e. The van der Waals surface area contributed by atoms with Gasteiger partial charge < -0.3 is 20.7 Å². The summed E-state index contributed by atoms with van der Waals surface area (Å²) in [5.74, 6) is 0.358. The Hall–Kier alpha value is -3.52. The Morgan fingerprint density at radius 2 is 1.85 bits per heavy atom. The Morgan fingerprint density at radius 3 is 2.53 bits per heavy atom. The first kappa shape index (κ1) is 23.6. The van der Waals surface area contributed by atoms with Crippen LogP contribution in [0.4, 0.5) is 0 Å². The molecule has 8 heteroatoms. The first-order chi connectivity index (χ1) is 16.0. The van der Waals surface area contributed by atoms with E-state index in [9.17, 15) is 5.11 Å². The number of likely N-dealkylation sites (N-methyl/N-ethyl adjacent to an activating group) is 1. The Morgan fingerprint density at radius 1 is 1.15 bits per heavy atom. The van der Waals surface area contributed by atoms with Crippen LogP contribution in [0.5, 0.6) is 5.75 Å². The Bertz CT molecular complexity index is 1260. The number of allylic oxidation sites excluding steroid dienone is 1. The molecule has 0 radical (unpaired) electrons. The second-order valence-corrected chi connectivity index (χ2v) is 10.4. The summed E-state index contributed by atoms with van der Waals surface area (Å²) in [5.41, 5.74) is 2.88. The molecule has 0 unspecified atom stereocenters. The lowest BCUT2D eigenvalue weighted by atomic mass is 9.79. The Labute approximate surface area is 200 Å². The van der Waals surface area contributed by atoms with Crippen molar-refractivity contribution in [3.63, 3.8) is 0 Å². The summed E-state index contributed by atoms with van der Waals surface area (Å²) in [6, 6.07) is 5.45. The van der Waals surface area contributed by atoms with Crippen molar-refractivity contribution >= 4 is 17.2 Å². The molecule has 1 saturated heterocycles. The van der Waals surface area contributed by atoms with E-state index >= 15 is 0 Å². The molecular weight excluding hydrogens is 426 g/mol. The molecule has 4 rings (SSSR count). The van der Waals surface area contributed by atoms with Crippen molar-refractivity contribution < 1.29 is 5.11 Å². The van der Waals surface area contributed by atoms with Gasteiger partial charge in [0.1, 0.15) is 11.6 Å². The number of amidine groups is 1. The third kappa shape index (κ3) is 4.87. The number of aromatic nitrogens is 3. The summed E-state index contributed by atoms with van der Waals surface area (Å²) in [4.78, 5) is 10.4. The number of rotatable bonds is 5. The first-order valence-corrected chi connectivity index (χ1v) is 11.4. The maximum atomic E-state index is 10.6. The predicted octanol–water partition coefficient (Wildman–Crippen LogP) is 4.24. The van der Waals surface area contributed by atoms with Crippen LogP contribution in [0.25, 0.3) is 16.9 Å². The average Bonchev–Trinajstić information content (AvgIpc) is 3.18. The Balaban J connectivity index is 1.48. The van der Waals surface area contributed by atoms with E-state index in [-0.39, 0.29) is 28.6 Å². The zero-order valence-corrected chi connectivity index (χ0v) is 20.4. The van der Waals surface area contributed by atoms with Gasteiger partial charge in [-0.3, -0.25) is 14.8 Å². The van der Waals surface area contributed by atoms with Crippen molar-refractivity contribution in [2.24, 2.45) is 0 Å². The number of phenols is 1. The molecule has 0 spiro atoms. The molecule has 0 amide bonds. The number of aromatic hydroxyl groups is 1. The van der Waals surface area contributed by atoms with Crippen LogP contribution in [0.3, 0.4) is 0 Å². The fourth-order valence-corrected chi connectivity index (χ4v) is 5.08. The summed E-state index contributed by atoms with van der Waals surface area (Å²) < 4.78 is 1.90. The summed E-state index contributed by atoms with van der Waals surface area (Å²) in [5, 5.41) is 31.3. The molecule has 8 nitrogen and oxygen atoms in total. The van der Waals surface area contributed by atoms with E-state index in [0.717, 1.165) is 29.7 Å². The second kappa shape index (κ2) is 8.68. The molecule has 3 aromatic rings. The maximum Gasteiger partial charge on any atom is 0.155 e. The average molecular weight is 460 g/mol. The summed E-state index contributed by atoms with van der Waals surface area (Å²) in [7, 11) is 1.94. The third-order valence-electron chi connectivity index (χ3n) is 6.41. The molecule has 1 aliphatic rings. The molecule has 0 aliphatic carbocycles. The molecule has 178 valence electrons. The number of nitrogens with zero attached hydrogens (tertiary/aromatic N) is 4. The third-order valence-corrected chi connectivity index (χ3v) is 6.41. The lowest BCUT2D eigenvalue weighted by molar-refractivity contribution is 0.114. The van der Waals surface area contributed by atoms with Crippen molar-refractivity contribution in [2.45, 2.75) is 57.7 Å². The van der Waals surface area contributed by atoms with Crippen molar-refractivity contribution in [1.82, 2.24) is 24.6 Å². The number of nitrogens with one attached hydrogen (secondary N) is 3. The van der Waals surface area contributed by atoms with Gasteiger partial charge >= 0.3 is 0 Å². The predicted molar refractivity (Wildman–Crippen MR) is 136 cm³/mol. The lowest BCUT2D eigenvalue weighted by Crippen LogP contribution is -2.62. The van der Waals surface area contributed by atoms with Gasteiger partial charge in [-0.1, -0.05) is 6.07 Å². The fraction of sp³-hybridized carbons (Fsp3) is 0.385.